The first-order valence-electron chi connectivity index (χ1n) is 5.60. The molecule has 0 N–H and O–H groups in total. The Hall–Kier alpha value is -0.330. The van der Waals surface area contributed by atoms with Gasteiger partial charge in [-0.05, 0) is 49.9 Å². The number of Topliss-reactive ketones (excluding diaryl/α,β-unsaturated/α-hetero) is 1. The fourth-order valence-electron chi connectivity index (χ4n) is 3.65. The zero-order valence-corrected chi connectivity index (χ0v) is 8.92. The fourth-order valence-corrected chi connectivity index (χ4v) is 3.65. The molecule has 0 radical (unpaired) electrons. The van der Waals surface area contributed by atoms with Gasteiger partial charge in [-0.25, -0.2) is 0 Å². The van der Waals surface area contributed by atoms with Crippen molar-refractivity contribution in [2.24, 2.45) is 29.6 Å². The first-order chi connectivity index (χ1) is 6.09. The third-order valence-electron chi connectivity index (χ3n) is 4.21. The molecule has 0 saturated heterocycles. The molecule has 1 nitrogen and oxygen atoms in total. The highest BCUT2D eigenvalue weighted by molar-refractivity contribution is 5.78. The molecule has 0 aromatic rings. The van der Waals surface area contributed by atoms with E-state index in [0.29, 0.717) is 11.7 Å². The second-order valence-corrected chi connectivity index (χ2v) is 5.36. The van der Waals surface area contributed by atoms with E-state index in [0.717, 1.165) is 23.7 Å². The largest absolute Gasteiger partial charge is 0.300 e. The molecule has 3 saturated carbocycles. The maximum absolute atomic E-state index is 11.2. The summed E-state index contributed by atoms with van der Waals surface area (Å²) >= 11 is 0. The first kappa shape index (κ1) is 9.23. The summed E-state index contributed by atoms with van der Waals surface area (Å²) in [6.07, 6.45) is 3.79. The summed E-state index contributed by atoms with van der Waals surface area (Å²) in [5, 5.41) is 0. The Morgan fingerprint density at radius 1 is 1.15 bits per heavy atom. The van der Waals surface area contributed by atoms with Crippen LogP contribution in [0.15, 0.2) is 0 Å². The lowest BCUT2D eigenvalue weighted by molar-refractivity contribution is -0.129. The van der Waals surface area contributed by atoms with Gasteiger partial charge in [0.15, 0.2) is 0 Å². The summed E-state index contributed by atoms with van der Waals surface area (Å²) in [7, 11) is 0. The van der Waals surface area contributed by atoms with E-state index in [9.17, 15) is 4.79 Å². The second-order valence-electron chi connectivity index (χ2n) is 5.36. The highest BCUT2D eigenvalue weighted by Crippen LogP contribution is 2.55. The van der Waals surface area contributed by atoms with E-state index >= 15 is 0 Å². The molecule has 3 aliphatic rings. The molecule has 0 spiro atoms. The molecule has 13 heavy (non-hydrogen) atoms. The number of ketones is 1. The zero-order valence-electron chi connectivity index (χ0n) is 8.92. The number of hydrogen-bond donors (Lipinski definition) is 0. The van der Waals surface area contributed by atoms with Crippen LogP contribution in [0.2, 0.25) is 0 Å². The molecular weight excluding hydrogens is 160 g/mol. The van der Waals surface area contributed by atoms with Crippen LogP contribution in [0.25, 0.3) is 0 Å². The van der Waals surface area contributed by atoms with Gasteiger partial charge in [0.2, 0.25) is 0 Å². The lowest BCUT2D eigenvalue weighted by Gasteiger charge is -2.54. The van der Waals surface area contributed by atoms with Crippen molar-refractivity contribution in [3.63, 3.8) is 0 Å². The lowest BCUT2D eigenvalue weighted by atomic mass is 9.51. The minimum Gasteiger partial charge on any atom is -0.300 e. The Labute approximate surface area is 80.9 Å². The topological polar surface area (TPSA) is 17.1 Å². The van der Waals surface area contributed by atoms with E-state index in [1.165, 1.54) is 19.3 Å². The van der Waals surface area contributed by atoms with Crippen LogP contribution in [-0.2, 0) is 4.79 Å². The fraction of sp³-hybridized carbons (Fsp3) is 0.917. The van der Waals surface area contributed by atoms with E-state index in [1.54, 1.807) is 6.92 Å². The monoisotopic (exact) mass is 180 g/mol. The molecule has 0 amide bonds. The molecule has 0 aromatic carbocycles. The summed E-state index contributed by atoms with van der Waals surface area (Å²) in [6, 6.07) is 0. The summed E-state index contributed by atoms with van der Waals surface area (Å²) < 4.78 is 0. The molecular formula is C12H20O. The van der Waals surface area contributed by atoms with Crippen LogP contribution in [0.3, 0.4) is 0 Å². The summed E-state index contributed by atoms with van der Waals surface area (Å²) in [5.41, 5.74) is 0. The van der Waals surface area contributed by atoms with Gasteiger partial charge in [0.25, 0.3) is 0 Å². The smallest absolute Gasteiger partial charge is 0.132 e. The summed E-state index contributed by atoms with van der Waals surface area (Å²) in [6.45, 7) is 6.43. The predicted octanol–water partition coefficient (Wildman–Crippen LogP) is 2.89. The molecule has 74 valence electrons. The van der Waals surface area contributed by atoms with E-state index in [-0.39, 0.29) is 0 Å². The van der Waals surface area contributed by atoms with Crippen molar-refractivity contribution in [2.45, 2.75) is 40.0 Å². The van der Waals surface area contributed by atoms with E-state index in [1.807, 2.05) is 0 Å². The average Bonchev–Trinajstić information content (AvgIpc) is 2.03. The molecule has 2 unspecified atom stereocenters. The number of carbonyl (C=O) groups excluding carboxylic acids is 1. The minimum absolute atomic E-state index is 0.416. The van der Waals surface area contributed by atoms with Crippen molar-refractivity contribution < 1.29 is 4.79 Å². The predicted molar refractivity (Wildman–Crippen MR) is 53.3 cm³/mol. The third-order valence-corrected chi connectivity index (χ3v) is 4.21. The zero-order chi connectivity index (χ0) is 9.59. The number of carbonyl (C=O) groups is 1. The molecule has 1 heteroatoms. The van der Waals surface area contributed by atoms with E-state index in [4.69, 9.17) is 0 Å². The van der Waals surface area contributed by atoms with Crippen LogP contribution in [0.1, 0.15) is 40.0 Å². The van der Waals surface area contributed by atoms with Crippen molar-refractivity contribution in [1.82, 2.24) is 0 Å². The molecule has 2 atom stereocenters. The summed E-state index contributed by atoms with van der Waals surface area (Å²) in [4.78, 5) is 11.2. The molecule has 3 rings (SSSR count). The average molecular weight is 180 g/mol. The van der Waals surface area contributed by atoms with Crippen LogP contribution < -0.4 is 0 Å². The van der Waals surface area contributed by atoms with E-state index in [2.05, 4.69) is 13.8 Å². The highest BCUT2D eigenvalue weighted by atomic mass is 16.1. The van der Waals surface area contributed by atoms with Crippen LogP contribution in [0.5, 0.6) is 0 Å². The van der Waals surface area contributed by atoms with Gasteiger partial charge in [0, 0.05) is 5.92 Å². The first-order valence-corrected chi connectivity index (χ1v) is 5.60. The Bertz CT molecular complexity index is 207. The van der Waals surface area contributed by atoms with Crippen LogP contribution >= 0.6 is 0 Å². The van der Waals surface area contributed by atoms with Crippen molar-refractivity contribution in [1.29, 1.82) is 0 Å². The second kappa shape index (κ2) is 3.11. The van der Waals surface area contributed by atoms with Crippen LogP contribution in [0.4, 0.5) is 0 Å². The minimum atomic E-state index is 0.416. The van der Waals surface area contributed by atoms with Gasteiger partial charge in [-0.15, -0.1) is 0 Å². The number of hydrogen-bond acceptors (Lipinski definition) is 1. The highest BCUT2D eigenvalue weighted by Gasteiger charge is 2.48. The molecule has 3 aliphatic carbocycles. The lowest BCUT2D eigenvalue weighted by Crippen LogP contribution is -2.47. The van der Waals surface area contributed by atoms with Crippen molar-refractivity contribution in [3.8, 4) is 0 Å². The third kappa shape index (κ3) is 1.43. The van der Waals surface area contributed by atoms with Gasteiger partial charge in [-0.1, -0.05) is 13.8 Å². The van der Waals surface area contributed by atoms with Crippen molar-refractivity contribution in [2.75, 3.05) is 0 Å². The maximum atomic E-state index is 11.2. The SMILES string of the molecule is CC(=O)C1CC2CC(C1)C2C(C)C. The number of fused-ring (bicyclic) bond motifs is 2. The van der Waals surface area contributed by atoms with Crippen molar-refractivity contribution >= 4 is 5.78 Å². The Morgan fingerprint density at radius 3 is 2.08 bits per heavy atom. The standard InChI is InChI=1S/C12H20O/c1-7(2)12-10-4-9(8(3)13)5-11(12)6-10/h7,9-12H,4-6H2,1-3H3. The van der Waals surface area contributed by atoms with Gasteiger partial charge in [-0.2, -0.15) is 0 Å². The van der Waals surface area contributed by atoms with Gasteiger partial charge in [-0.3, -0.25) is 4.79 Å². The van der Waals surface area contributed by atoms with Gasteiger partial charge in [0.1, 0.15) is 5.78 Å². The van der Waals surface area contributed by atoms with Crippen LogP contribution in [0, 0.1) is 29.6 Å². The summed E-state index contributed by atoms with van der Waals surface area (Å²) in [5.74, 6) is 4.38. The normalized spacial score (nSPS) is 43.1. The Kier molecular flexibility index (Phi) is 2.21. The van der Waals surface area contributed by atoms with Gasteiger partial charge >= 0.3 is 0 Å². The quantitative estimate of drug-likeness (QED) is 0.638. The van der Waals surface area contributed by atoms with Gasteiger partial charge < -0.3 is 0 Å². The van der Waals surface area contributed by atoms with Gasteiger partial charge in [0.05, 0.1) is 0 Å². The van der Waals surface area contributed by atoms with E-state index < -0.39 is 0 Å². The Morgan fingerprint density at radius 2 is 1.69 bits per heavy atom. The number of rotatable bonds is 2. The molecule has 0 aromatic heterocycles. The molecule has 2 bridgehead atoms. The molecule has 3 fully saturated rings. The van der Waals surface area contributed by atoms with Crippen molar-refractivity contribution in [3.05, 3.63) is 0 Å². The maximum Gasteiger partial charge on any atom is 0.132 e. The van der Waals surface area contributed by atoms with Crippen LogP contribution in [-0.4, -0.2) is 5.78 Å². The molecule has 0 heterocycles. The Balaban J connectivity index is 1.98. The molecule has 0 aliphatic heterocycles.